The molecule has 1 aliphatic heterocycles. The molecule has 2 unspecified atom stereocenters. The van der Waals surface area contributed by atoms with Crippen molar-refractivity contribution >= 4 is 11.6 Å². The molecule has 1 aromatic rings. The molecule has 1 amide bonds. The summed E-state index contributed by atoms with van der Waals surface area (Å²) in [7, 11) is 0. The average molecular weight is 389 g/mol. The van der Waals surface area contributed by atoms with Crippen LogP contribution in [0.3, 0.4) is 0 Å². The quantitative estimate of drug-likeness (QED) is 0.714. The first-order valence-corrected chi connectivity index (χ1v) is 11.0. The number of benzene rings is 1. The predicted octanol–water partition coefficient (Wildman–Crippen LogP) is 4.48. The van der Waals surface area contributed by atoms with Crippen molar-refractivity contribution in [2.24, 2.45) is 5.92 Å². The number of likely N-dealkylation sites (tertiary alicyclic amines) is 1. The molecule has 156 valence electrons. The normalized spacial score (nSPS) is 26.0. The lowest BCUT2D eigenvalue weighted by molar-refractivity contribution is -0.147. The maximum Gasteiger partial charge on any atom is 0.256 e. The number of carbonyl (C=O) groups is 1. The molecule has 3 rings (SSSR count). The topological polar surface area (TPSA) is 50.8 Å². The minimum absolute atomic E-state index is 0.0142. The highest BCUT2D eigenvalue weighted by Crippen LogP contribution is 2.36. The Labute approximate surface area is 169 Å². The summed E-state index contributed by atoms with van der Waals surface area (Å²) in [5, 5.41) is 3.07. The number of nitrogens with zero attached hydrogens (tertiary/aromatic N) is 1. The van der Waals surface area contributed by atoms with E-state index < -0.39 is 5.60 Å². The SMILES string of the molecule is CCOC1(C(=O)Nc2ccc(OCCN3CCCCC3)cc2)CCCC(C)C1. The van der Waals surface area contributed by atoms with Crippen LogP contribution < -0.4 is 10.1 Å². The number of ether oxygens (including phenoxy) is 2. The predicted molar refractivity (Wildman–Crippen MR) is 113 cm³/mol. The van der Waals surface area contributed by atoms with E-state index in [1.165, 1.54) is 38.8 Å². The van der Waals surface area contributed by atoms with E-state index in [4.69, 9.17) is 9.47 Å². The molecule has 0 radical (unpaired) electrons. The van der Waals surface area contributed by atoms with Crippen LogP contribution in [-0.4, -0.2) is 49.3 Å². The highest BCUT2D eigenvalue weighted by Gasteiger charge is 2.42. The second-order valence-electron chi connectivity index (χ2n) is 8.36. The number of amides is 1. The van der Waals surface area contributed by atoms with Gasteiger partial charge in [-0.15, -0.1) is 0 Å². The van der Waals surface area contributed by atoms with Gasteiger partial charge in [0, 0.05) is 18.8 Å². The van der Waals surface area contributed by atoms with Crippen LogP contribution in [0.25, 0.3) is 0 Å². The van der Waals surface area contributed by atoms with Crippen LogP contribution in [0.15, 0.2) is 24.3 Å². The summed E-state index contributed by atoms with van der Waals surface area (Å²) in [5.74, 6) is 1.35. The minimum atomic E-state index is -0.684. The van der Waals surface area contributed by atoms with E-state index in [9.17, 15) is 4.79 Å². The summed E-state index contributed by atoms with van der Waals surface area (Å²) in [4.78, 5) is 15.5. The van der Waals surface area contributed by atoms with Crippen LogP contribution in [0.4, 0.5) is 5.69 Å². The van der Waals surface area contributed by atoms with E-state index >= 15 is 0 Å². The minimum Gasteiger partial charge on any atom is -0.492 e. The first-order chi connectivity index (χ1) is 13.6. The van der Waals surface area contributed by atoms with Gasteiger partial charge in [0.15, 0.2) is 0 Å². The van der Waals surface area contributed by atoms with Crippen molar-refractivity contribution in [3.05, 3.63) is 24.3 Å². The largest absolute Gasteiger partial charge is 0.492 e. The van der Waals surface area contributed by atoms with E-state index in [1.54, 1.807) is 0 Å². The average Bonchev–Trinajstić information content (AvgIpc) is 2.70. The van der Waals surface area contributed by atoms with Gasteiger partial charge in [0.1, 0.15) is 18.0 Å². The van der Waals surface area contributed by atoms with Gasteiger partial charge in [-0.1, -0.05) is 19.8 Å². The molecule has 1 saturated heterocycles. The van der Waals surface area contributed by atoms with Gasteiger partial charge in [-0.2, -0.15) is 0 Å². The summed E-state index contributed by atoms with van der Waals surface area (Å²) in [6, 6.07) is 7.70. The summed E-state index contributed by atoms with van der Waals surface area (Å²) in [6.07, 6.45) is 7.77. The molecule has 2 atom stereocenters. The Balaban J connectivity index is 1.50. The molecule has 1 aliphatic carbocycles. The molecule has 0 bridgehead atoms. The smallest absolute Gasteiger partial charge is 0.256 e. The van der Waals surface area contributed by atoms with E-state index in [2.05, 4.69) is 17.1 Å². The summed E-state index contributed by atoms with van der Waals surface area (Å²) in [5.41, 5.74) is 0.112. The van der Waals surface area contributed by atoms with Gasteiger partial charge in [0.2, 0.25) is 0 Å². The summed E-state index contributed by atoms with van der Waals surface area (Å²) < 4.78 is 11.8. The highest BCUT2D eigenvalue weighted by molar-refractivity contribution is 5.97. The molecule has 5 nitrogen and oxygen atoms in total. The highest BCUT2D eigenvalue weighted by atomic mass is 16.5. The summed E-state index contributed by atoms with van der Waals surface area (Å²) in [6.45, 7) is 8.79. The lowest BCUT2D eigenvalue weighted by Gasteiger charge is -2.38. The van der Waals surface area contributed by atoms with Crippen molar-refractivity contribution in [2.45, 2.75) is 64.4 Å². The number of carbonyl (C=O) groups excluding carboxylic acids is 1. The van der Waals surface area contributed by atoms with Gasteiger partial charge in [0.05, 0.1) is 0 Å². The number of rotatable bonds is 8. The molecule has 1 aromatic carbocycles. The number of hydrogen-bond donors (Lipinski definition) is 1. The fourth-order valence-corrected chi connectivity index (χ4v) is 4.54. The van der Waals surface area contributed by atoms with E-state index in [0.29, 0.717) is 19.1 Å². The molecular formula is C23H36N2O3. The molecule has 2 fully saturated rings. The van der Waals surface area contributed by atoms with E-state index in [-0.39, 0.29) is 5.91 Å². The Hall–Kier alpha value is -1.59. The maximum atomic E-state index is 13.0. The molecule has 1 heterocycles. The fourth-order valence-electron chi connectivity index (χ4n) is 4.54. The third-order valence-electron chi connectivity index (χ3n) is 6.03. The van der Waals surface area contributed by atoms with Gasteiger partial charge in [-0.3, -0.25) is 9.69 Å². The monoisotopic (exact) mass is 388 g/mol. The van der Waals surface area contributed by atoms with Crippen LogP contribution in [0, 0.1) is 5.92 Å². The van der Waals surface area contributed by atoms with E-state index in [0.717, 1.165) is 37.2 Å². The lowest BCUT2D eigenvalue weighted by Crippen LogP contribution is -2.48. The maximum absolute atomic E-state index is 13.0. The lowest BCUT2D eigenvalue weighted by atomic mass is 9.78. The van der Waals surface area contributed by atoms with Gasteiger partial charge in [-0.05, 0) is 82.3 Å². The number of hydrogen-bond acceptors (Lipinski definition) is 4. The Bertz CT molecular complexity index is 609. The Morgan fingerprint density at radius 2 is 1.93 bits per heavy atom. The first-order valence-electron chi connectivity index (χ1n) is 11.0. The molecule has 5 heteroatoms. The third-order valence-corrected chi connectivity index (χ3v) is 6.03. The third kappa shape index (κ3) is 5.71. The molecule has 28 heavy (non-hydrogen) atoms. The van der Waals surface area contributed by atoms with Crippen LogP contribution in [-0.2, 0) is 9.53 Å². The van der Waals surface area contributed by atoms with Crippen molar-refractivity contribution in [3.63, 3.8) is 0 Å². The molecular weight excluding hydrogens is 352 g/mol. The van der Waals surface area contributed by atoms with Crippen LogP contribution in [0.1, 0.15) is 58.8 Å². The van der Waals surface area contributed by atoms with Crippen molar-refractivity contribution in [1.29, 1.82) is 0 Å². The molecule has 1 saturated carbocycles. The van der Waals surface area contributed by atoms with Crippen molar-refractivity contribution < 1.29 is 14.3 Å². The zero-order valence-corrected chi connectivity index (χ0v) is 17.5. The Morgan fingerprint density at radius 3 is 2.61 bits per heavy atom. The fraction of sp³-hybridized carbons (Fsp3) is 0.696. The zero-order valence-electron chi connectivity index (χ0n) is 17.5. The molecule has 1 N–H and O–H groups in total. The van der Waals surface area contributed by atoms with Crippen molar-refractivity contribution in [3.8, 4) is 5.75 Å². The number of piperidine rings is 1. The zero-order chi connectivity index (χ0) is 19.8. The van der Waals surface area contributed by atoms with Crippen LogP contribution >= 0.6 is 0 Å². The Morgan fingerprint density at radius 1 is 1.18 bits per heavy atom. The van der Waals surface area contributed by atoms with Gasteiger partial charge < -0.3 is 14.8 Å². The standard InChI is InChI=1S/C23H36N2O3/c1-3-28-23(13-7-8-19(2)18-23)22(26)24-20-9-11-21(12-10-20)27-17-16-25-14-5-4-6-15-25/h9-12,19H,3-8,13-18H2,1-2H3,(H,24,26). The number of anilines is 1. The summed E-state index contributed by atoms with van der Waals surface area (Å²) >= 11 is 0. The van der Waals surface area contributed by atoms with Gasteiger partial charge in [-0.25, -0.2) is 0 Å². The van der Waals surface area contributed by atoms with Gasteiger partial charge >= 0.3 is 0 Å². The molecule has 0 aromatic heterocycles. The van der Waals surface area contributed by atoms with Crippen molar-refractivity contribution in [1.82, 2.24) is 4.90 Å². The van der Waals surface area contributed by atoms with Crippen molar-refractivity contribution in [2.75, 3.05) is 38.2 Å². The van der Waals surface area contributed by atoms with Crippen LogP contribution in [0.5, 0.6) is 5.75 Å². The molecule has 0 spiro atoms. The van der Waals surface area contributed by atoms with E-state index in [1.807, 2.05) is 31.2 Å². The second-order valence-corrected chi connectivity index (χ2v) is 8.36. The Kier molecular flexibility index (Phi) is 7.74. The van der Waals surface area contributed by atoms with Crippen LogP contribution in [0.2, 0.25) is 0 Å². The second kappa shape index (κ2) is 10.3. The first kappa shape index (κ1) is 21.1. The number of nitrogens with one attached hydrogen (secondary N) is 1. The molecule has 2 aliphatic rings. The van der Waals surface area contributed by atoms with Gasteiger partial charge in [0.25, 0.3) is 5.91 Å².